The number of ether oxygens (including phenoxy) is 4. The summed E-state index contributed by atoms with van der Waals surface area (Å²) in [5, 5.41) is 8.61. The van der Waals surface area contributed by atoms with Crippen LogP contribution in [0, 0.1) is 35.0 Å². The normalized spacial score (nSPS) is 37.8. The van der Waals surface area contributed by atoms with Crippen molar-refractivity contribution in [3.63, 3.8) is 0 Å². The second-order valence-corrected chi connectivity index (χ2v) is 14.4. The molecule has 3 heterocycles. The highest BCUT2D eigenvalue weighted by atomic mass is 16.7. The molecule has 2 aliphatic heterocycles. The van der Waals surface area contributed by atoms with Gasteiger partial charge in [-0.15, -0.1) is 5.10 Å². The third kappa shape index (κ3) is 4.44. The molecule has 0 bridgehead atoms. The summed E-state index contributed by atoms with van der Waals surface area (Å²) in [6.07, 6.45) is 10.7. The van der Waals surface area contributed by atoms with Crippen LogP contribution in [0.3, 0.4) is 0 Å². The Bertz CT molecular complexity index is 1480. The Morgan fingerprint density at radius 3 is 2.65 bits per heavy atom. The molecule has 2 saturated carbocycles. The minimum Gasteiger partial charge on any atom is -0.497 e. The molecule has 7 heteroatoms. The molecular formula is C36H45N3O4. The molecule has 0 radical (unpaired) electrons. The summed E-state index contributed by atoms with van der Waals surface area (Å²) in [6, 6.07) is 14.6. The summed E-state index contributed by atoms with van der Waals surface area (Å²) >= 11 is 0. The first-order valence-corrected chi connectivity index (χ1v) is 16.5. The molecule has 7 nitrogen and oxygen atoms in total. The molecule has 0 N–H and O–H groups in total. The maximum Gasteiger partial charge on any atom is 0.171 e. The van der Waals surface area contributed by atoms with Gasteiger partial charge in [-0.1, -0.05) is 32.1 Å². The highest BCUT2D eigenvalue weighted by Crippen LogP contribution is 2.69. The molecule has 1 aromatic heterocycles. The van der Waals surface area contributed by atoms with Gasteiger partial charge in [0, 0.05) is 12.3 Å². The fourth-order valence-electron chi connectivity index (χ4n) is 10.0. The number of rotatable bonds is 5. The first-order chi connectivity index (χ1) is 20.9. The van der Waals surface area contributed by atoms with E-state index in [-0.39, 0.29) is 5.79 Å². The summed E-state index contributed by atoms with van der Waals surface area (Å²) in [5.41, 5.74) is 5.12. The molecular weight excluding hydrogens is 538 g/mol. The number of hydrogen-bond donors (Lipinski definition) is 0. The molecule has 9 atom stereocenters. The van der Waals surface area contributed by atoms with Gasteiger partial charge in [-0.3, -0.25) is 0 Å². The van der Waals surface area contributed by atoms with Crippen LogP contribution in [0.4, 0.5) is 0 Å². The van der Waals surface area contributed by atoms with Crippen molar-refractivity contribution in [2.45, 2.75) is 90.1 Å². The fourth-order valence-corrected chi connectivity index (χ4v) is 10.0. The zero-order valence-corrected chi connectivity index (χ0v) is 26.0. The van der Waals surface area contributed by atoms with Crippen molar-refractivity contribution in [2.24, 2.45) is 35.0 Å². The van der Waals surface area contributed by atoms with Crippen molar-refractivity contribution < 1.29 is 18.9 Å². The van der Waals surface area contributed by atoms with Crippen molar-refractivity contribution in [1.29, 1.82) is 0 Å². The van der Waals surface area contributed by atoms with Gasteiger partial charge in [-0.25, -0.2) is 4.68 Å². The van der Waals surface area contributed by atoms with Crippen LogP contribution in [0.1, 0.15) is 82.0 Å². The maximum atomic E-state index is 6.94. The molecule has 1 spiro atoms. The van der Waals surface area contributed by atoms with Gasteiger partial charge >= 0.3 is 0 Å². The van der Waals surface area contributed by atoms with Crippen molar-refractivity contribution in [1.82, 2.24) is 15.0 Å². The van der Waals surface area contributed by atoms with E-state index in [0.717, 1.165) is 54.2 Å². The molecule has 0 unspecified atom stereocenters. The van der Waals surface area contributed by atoms with Crippen LogP contribution < -0.4 is 9.47 Å². The fraction of sp³-hybridized carbons (Fsp3) is 0.611. The minimum atomic E-state index is -0.327. The molecule has 0 amide bonds. The number of nitrogens with zero attached hydrogens (tertiary/aromatic N) is 3. The molecule has 3 aliphatic carbocycles. The van der Waals surface area contributed by atoms with E-state index in [9.17, 15) is 0 Å². The van der Waals surface area contributed by atoms with Gasteiger partial charge in [0.1, 0.15) is 23.8 Å². The third-order valence-corrected chi connectivity index (χ3v) is 12.2. The highest BCUT2D eigenvalue weighted by molar-refractivity contribution is 5.41. The lowest BCUT2D eigenvalue weighted by atomic mass is 9.53. The summed E-state index contributed by atoms with van der Waals surface area (Å²) in [5.74, 6) is 5.28. The number of methoxy groups -OCH3 is 1. The SMILES string of the molecule is COc1ccc(-n2cc(COc3ccc4c(c3)CC[C@@H]3[C@@H]4CC[C@]4(C)[C@@H]5[C@H](C[C@@H]34)O[C@]3(CC[C@@H](C)CO3)[C@H]5C)nn2)cc1. The zero-order chi connectivity index (χ0) is 29.3. The molecule has 5 aliphatic rings. The molecule has 2 saturated heterocycles. The predicted octanol–water partition coefficient (Wildman–Crippen LogP) is 7.11. The van der Waals surface area contributed by atoms with Gasteiger partial charge in [0.25, 0.3) is 0 Å². The van der Waals surface area contributed by atoms with E-state index in [4.69, 9.17) is 18.9 Å². The Morgan fingerprint density at radius 2 is 1.86 bits per heavy atom. The number of aromatic nitrogens is 3. The quantitative estimate of drug-likeness (QED) is 0.319. The first-order valence-electron chi connectivity index (χ1n) is 16.5. The van der Waals surface area contributed by atoms with Crippen LogP contribution in [0.15, 0.2) is 48.7 Å². The standard InChI is InChI=1S/C36H45N3O4/c1-22-13-16-36(42-20-22)23(2)34-33(43-36)18-32-31-11-5-24-17-28(10-12-29(24)30(31)14-15-35(32,34)3)41-21-25-19-39(38-37-25)26-6-8-27(40-4)9-7-26/h6-10,12,17,19,22-23,30-34H,5,11,13-16,18,20-21H2,1-4H3/t22-,23+,30-,31-,32+,33+,34+,35+,36-/m1/s1. The average molecular weight is 584 g/mol. The summed E-state index contributed by atoms with van der Waals surface area (Å²) < 4.78 is 26.7. The van der Waals surface area contributed by atoms with Crippen LogP contribution in [-0.4, -0.2) is 40.6 Å². The molecule has 2 aromatic carbocycles. The number of benzene rings is 2. The zero-order valence-electron chi connectivity index (χ0n) is 26.0. The summed E-state index contributed by atoms with van der Waals surface area (Å²) in [6.45, 7) is 8.60. The molecule has 43 heavy (non-hydrogen) atoms. The predicted molar refractivity (Wildman–Crippen MR) is 163 cm³/mol. The topological polar surface area (TPSA) is 67.6 Å². The lowest BCUT2D eigenvalue weighted by Crippen LogP contribution is -2.48. The van der Waals surface area contributed by atoms with E-state index in [1.54, 1.807) is 17.4 Å². The van der Waals surface area contributed by atoms with Crippen LogP contribution in [-0.2, 0) is 22.5 Å². The van der Waals surface area contributed by atoms with E-state index in [1.165, 1.54) is 37.7 Å². The molecule has 4 fully saturated rings. The average Bonchev–Trinajstić information content (AvgIpc) is 3.70. The summed E-state index contributed by atoms with van der Waals surface area (Å²) in [7, 11) is 1.67. The Morgan fingerprint density at radius 1 is 1.02 bits per heavy atom. The van der Waals surface area contributed by atoms with Gasteiger partial charge < -0.3 is 18.9 Å². The lowest BCUT2D eigenvalue weighted by molar-refractivity contribution is -0.272. The molecule has 228 valence electrons. The van der Waals surface area contributed by atoms with E-state index >= 15 is 0 Å². The van der Waals surface area contributed by atoms with Gasteiger partial charge in [-0.2, -0.15) is 0 Å². The van der Waals surface area contributed by atoms with E-state index < -0.39 is 0 Å². The van der Waals surface area contributed by atoms with Crippen molar-refractivity contribution in [3.8, 4) is 17.2 Å². The minimum absolute atomic E-state index is 0.327. The largest absolute Gasteiger partial charge is 0.497 e. The molecule has 3 aromatic rings. The maximum absolute atomic E-state index is 6.94. The monoisotopic (exact) mass is 583 g/mol. The Balaban J connectivity index is 0.941. The molecule has 8 rings (SSSR count). The van der Waals surface area contributed by atoms with Gasteiger partial charge in [0.05, 0.1) is 31.7 Å². The van der Waals surface area contributed by atoms with Crippen molar-refractivity contribution >= 4 is 0 Å². The van der Waals surface area contributed by atoms with Crippen molar-refractivity contribution in [3.05, 3.63) is 65.5 Å². The van der Waals surface area contributed by atoms with Gasteiger partial charge in [0.15, 0.2) is 5.79 Å². The van der Waals surface area contributed by atoms with Gasteiger partial charge in [0.2, 0.25) is 0 Å². The van der Waals surface area contributed by atoms with E-state index in [1.807, 2.05) is 30.5 Å². The number of fused-ring (bicyclic) bond motifs is 7. The Labute approximate surface area is 255 Å². The smallest absolute Gasteiger partial charge is 0.171 e. The second-order valence-electron chi connectivity index (χ2n) is 14.4. The Hall–Kier alpha value is -2.90. The van der Waals surface area contributed by atoms with Crippen LogP contribution >= 0.6 is 0 Å². The Kier molecular flexibility index (Phi) is 6.64. The van der Waals surface area contributed by atoms with Crippen LogP contribution in [0.25, 0.3) is 5.69 Å². The van der Waals surface area contributed by atoms with E-state index in [2.05, 4.69) is 49.3 Å². The van der Waals surface area contributed by atoms with Crippen LogP contribution in [0.2, 0.25) is 0 Å². The number of hydrogen-bond acceptors (Lipinski definition) is 6. The first kappa shape index (κ1) is 27.6. The highest BCUT2D eigenvalue weighted by Gasteiger charge is 2.67. The number of aryl methyl sites for hydroxylation is 1. The summed E-state index contributed by atoms with van der Waals surface area (Å²) in [4.78, 5) is 0. The third-order valence-electron chi connectivity index (χ3n) is 12.2. The second kappa shape index (κ2) is 10.3. The van der Waals surface area contributed by atoms with Crippen LogP contribution in [0.5, 0.6) is 11.5 Å². The van der Waals surface area contributed by atoms with E-state index in [0.29, 0.717) is 41.8 Å². The van der Waals surface area contributed by atoms with Crippen molar-refractivity contribution in [2.75, 3.05) is 13.7 Å². The lowest BCUT2D eigenvalue weighted by Gasteiger charge is -2.52. The van der Waals surface area contributed by atoms with Gasteiger partial charge in [-0.05, 0) is 121 Å².